The van der Waals surface area contributed by atoms with Gasteiger partial charge in [-0.25, -0.2) is 10.2 Å². The Balaban J connectivity index is 1.53. The van der Waals surface area contributed by atoms with E-state index in [0.717, 1.165) is 12.1 Å². The predicted molar refractivity (Wildman–Crippen MR) is 121 cm³/mol. The third kappa shape index (κ3) is 6.75. The zero-order chi connectivity index (χ0) is 24.7. The van der Waals surface area contributed by atoms with Crippen LogP contribution >= 0.6 is 15.9 Å². The highest BCUT2D eigenvalue weighted by Gasteiger charge is 2.30. The zero-order valence-electron chi connectivity index (χ0n) is 17.1. The van der Waals surface area contributed by atoms with E-state index in [1.54, 1.807) is 36.4 Å². The number of alkyl halides is 3. The Bertz CT molecular complexity index is 1240. The van der Waals surface area contributed by atoms with E-state index in [1.807, 2.05) is 5.43 Å². The van der Waals surface area contributed by atoms with Crippen molar-refractivity contribution in [3.63, 3.8) is 0 Å². The fraction of sp³-hybridized carbons (Fsp3) is 0.0435. The van der Waals surface area contributed by atoms with Crippen molar-refractivity contribution in [3.8, 4) is 5.75 Å². The molecule has 0 unspecified atom stereocenters. The van der Waals surface area contributed by atoms with E-state index in [9.17, 15) is 27.6 Å². The van der Waals surface area contributed by atoms with Gasteiger partial charge in [0.1, 0.15) is 5.75 Å². The van der Waals surface area contributed by atoms with Crippen molar-refractivity contribution in [2.75, 3.05) is 5.32 Å². The molecule has 0 bridgehead atoms. The minimum absolute atomic E-state index is 0.188. The van der Waals surface area contributed by atoms with E-state index in [0.29, 0.717) is 21.7 Å². The summed E-state index contributed by atoms with van der Waals surface area (Å²) in [5.74, 6) is -2.63. The maximum absolute atomic E-state index is 12.7. The molecule has 0 saturated carbocycles. The highest BCUT2D eigenvalue weighted by atomic mass is 79.9. The van der Waals surface area contributed by atoms with Crippen LogP contribution in [0.25, 0.3) is 0 Å². The summed E-state index contributed by atoms with van der Waals surface area (Å²) >= 11 is 3.28. The van der Waals surface area contributed by atoms with Crippen LogP contribution in [0.4, 0.5) is 18.9 Å². The van der Waals surface area contributed by atoms with Crippen LogP contribution < -0.4 is 15.5 Å². The topological polar surface area (TPSA) is 96.9 Å². The van der Waals surface area contributed by atoms with E-state index in [4.69, 9.17) is 4.74 Å². The molecular weight excluding hydrogens is 519 g/mol. The van der Waals surface area contributed by atoms with Crippen molar-refractivity contribution in [2.45, 2.75) is 6.18 Å². The first-order valence-corrected chi connectivity index (χ1v) is 10.3. The first-order valence-electron chi connectivity index (χ1n) is 9.52. The van der Waals surface area contributed by atoms with Crippen molar-refractivity contribution >= 4 is 45.6 Å². The van der Waals surface area contributed by atoms with Gasteiger partial charge in [0.2, 0.25) is 0 Å². The molecule has 174 valence electrons. The minimum atomic E-state index is -4.58. The molecule has 3 rings (SSSR count). The van der Waals surface area contributed by atoms with Gasteiger partial charge in [-0.05, 0) is 76.1 Å². The zero-order valence-corrected chi connectivity index (χ0v) is 18.7. The predicted octanol–water partition coefficient (Wildman–Crippen LogP) is 4.78. The van der Waals surface area contributed by atoms with E-state index >= 15 is 0 Å². The summed E-state index contributed by atoms with van der Waals surface area (Å²) in [5, 5.41) is 5.70. The third-order valence-corrected chi connectivity index (χ3v) is 4.91. The number of nitrogens with one attached hydrogen (secondary N) is 2. The van der Waals surface area contributed by atoms with Crippen LogP contribution in [0.2, 0.25) is 0 Å². The molecule has 34 heavy (non-hydrogen) atoms. The standard InChI is InChI=1S/C23H15BrF3N3O4/c24-19-7-2-1-6-18(19)22(33)34-17-10-8-14(9-11-17)13-28-30-21(32)20(31)29-16-5-3-4-15(12-16)23(25,26)27/h1-13H,(H,29,31)(H,30,32)/b28-13+. The molecule has 0 radical (unpaired) electrons. The van der Waals surface area contributed by atoms with Crippen molar-refractivity contribution in [1.29, 1.82) is 0 Å². The second-order valence-electron chi connectivity index (χ2n) is 6.67. The number of hydrazone groups is 1. The summed E-state index contributed by atoms with van der Waals surface area (Å²) in [6, 6.07) is 16.8. The number of ether oxygens (including phenoxy) is 1. The molecule has 0 heterocycles. The SMILES string of the molecule is O=C(N/N=C/c1ccc(OC(=O)c2ccccc2Br)cc1)C(=O)Nc1cccc(C(F)(F)F)c1. The number of rotatable bonds is 5. The molecule has 0 spiro atoms. The average Bonchev–Trinajstić information content (AvgIpc) is 2.80. The lowest BCUT2D eigenvalue weighted by Gasteiger charge is -2.09. The van der Waals surface area contributed by atoms with Gasteiger partial charge in [0.05, 0.1) is 17.3 Å². The number of esters is 1. The molecule has 0 aliphatic rings. The van der Waals surface area contributed by atoms with E-state index in [2.05, 4.69) is 26.3 Å². The van der Waals surface area contributed by atoms with Gasteiger partial charge in [-0.3, -0.25) is 9.59 Å². The smallest absolute Gasteiger partial charge is 0.416 e. The summed E-state index contributed by atoms with van der Waals surface area (Å²) in [5.41, 5.74) is 1.70. The van der Waals surface area contributed by atoms with Crippen LogP contribution in [0.5, 0.6) is 5.75 Å². The third-order valence-electron chi connectivity index (χ3n) is 4.22. The van der Waals surface area contributed by atoms with Crippen molar-refractivity contribution in [3.05, 3.63) is 94.0 Å². The first kappa shape index (κ1) is 24.6. The molecule has 0 atom stereocenters. The molecule has 0 aliphatic heterocycles. The van der Waals surface area contributed by atoms with Crippen molar-refractivity contribution < 1.29 is 32.3 Å². The lowest BCUT2D eigenvalue weighted by molar-refractivity contribution is -0.137. The largest absolute Gasteiger partial charge is 0.423 e. The number of amides is 2. The molecule has 0 aliphatic carbocycles. The van der Waals surface area contributed by atoms with Gasteiger partial charge in [0.25, 0.3) is 0 Å². The Morgan fingerprint density at radius 2 is 1.62 bits per heavy atom. The Hall–Kier alpha value is -3.99. The second kappa shape index (κ2) is 10.8. The van der Waals surface area contributed by atoms with Crippen molar-refractivity contribution in [2.24, 2.45) is 5.10 Å². The summed E-state index contributed by atoms with van der Waals surface area (Å²) in [6.07, 6.45) is -3.35. The normalized spacial score (nSPS) is 11.2. The number of hydrogen-bond acceptors (Lipinski definition) is 5. The van der Waals surface area contributed by atoms with Gasteiger partial charge in [-0.2, -0.15) is 18.3 Å². The fourth-order valence-corrected chi connectivity index (χ4v) is 3.03. The lowest BCUT2D eigenvalue weighted by Crippen LogP contribution is -2.32. The average molecular weight is 534 g/mol. The van der Waals surface area contributed by atoms with E-state index < -0.39 is 29.5 Å². The van der Waals surface area contributed by atoms with Gasteiger partial charge in [-0.1, -0.05) is 18.2 Å². The van der Waals surface area contributed by atoms with Crippen LogP contribution in [-0.2, 0) is 15.8 Å². The molecule has 11 heteroatoms. The quantitative estimate of drug-likeness (QED) is 0.162. The summed E-state index contributed by atoms with van der Waals surface area (Å²) in [6.45, 7) is 0. The van der Waals surface area contributed by atoms with Gasteiger partial charge >= 0.3 is 24.0 Å². The van der Waals surface area contributed by atoms with Gasteiger partial charge in [-0.15, -0.1) is 0 Å². The summed E-state index contributed by atoms with van der Waals surface area (Å²) in [4.78, 5) is 35.9. The fourth-order valence-electron chi connectivity index (χ4n) is 2.59. The van der Waals surface area contributed by atoms with Gasteiger partial charge < -0.3 is 10.1 Å². The number of hydrogen-bond donors (Lipinski definition) is 2. The van der Waals surface area contributed by atoms with E-state index in [1.165, 1.54) is 24.4 Å². The van der Waals surface area contributed by atoms with Gasteiger partial charge in [0, 0.05) is 10.2 Å². The molecular formula is C23H15BrF3N3O4. The van der Waals surface area contributed by atoms with Crippen LogP contribution in [0.3, 0.4) is 0 Å². The molecule has 0 fully saturated rings. The second-order valence-corrected chi connectivity index (χ2v) is 7.52. The summed E-state index contributed by atoms with van der Waals surface area (Å²) in [7, 11) is 0. The molecule has 0 aromatic heterocycles. The Morgan fingerprint density at radius 3 is 2.29 bits per heavy atom. The van der Waals surface area contributed by atoms with Crippen LogP contribution in [0, 0.1) is 0 Å². The maximum atomic E-state index is 12.7. The van der Waals surface area contributed by atoms with Crippen molar-refractivity contribution in [1.82, 2.24) is 5.43 Å². The Morgan fingerprint density at radius 1 is 0.912 bits per heavy atom. The Labute approximate surface area is 199 Å². The molecule has 7 nitrogen and oxygen atoms in total. The number of halogens is 4. The van der Waals surface area contributed by atoms with Gasteiger partial charge in [0.15, 0.2) is 0 Å². The Kier molecular flexibility index (Phi) is 7.79. The molecule has 3 aromatic carbocycles. The number of carbonyl (C=O) groups excluding carboxylic acids is 3. The molecule has 2 N–H and O–H groups in total. The summed E-state index contributed by atoms with van der Waals surface area (Å²) < 4.78 is 44.1. The number of nitrogens with zero attached hydrogens (tertiary/aromatic N) is 1. The molecule has 0 saturated heterocycles. The number of carbonyl (C=O) groups is 3. The monoisotopic (exact) mass is 533 g/mol. The van der Waals surface area contributed by atoms with Crippen LogP contribution in [0.1, 0.15) is 21.5 Å². The molecule has 2 amide bonds. The van der Waals surface area contributed by atoms with Crippen LogP contribution in [0.15, 0.2) is 82.4 Å². The number of benzene rings is 3. The highest BCUT2D eigenvalue weighted by molar-refractivity contribution is 9.10. The molecule has 3 aromatic rings. The van der Waals surface area contributed by atoms with Crippen LogP contribution in [-0.4, -0.2) is 24.0 Å². The lowest BCUT2D eigenvalue weighted by atomic mass is 10.2. The van der Waals surface area contributed by atoms with E-state index in [-0.39, 0.29) is 11.4 Å². The minimum Gasteiger partial charge on any atom is -0.423 e. The first-order chi connectivity index (χ1) is 16.1. The number of anilines is 1. The highest BCUT2D eigenvalue weighted by Crippen LogP contribution is 2.30. The maximum Gasteiger partial charge on any atom is 0.416 e.